The number of aromatic amines is 1. The van der Waals surface area contributed by atoms with Gasteiger partial charge in [-0.05, 0) is 38.2 Å². The quantitative estimate of drug-likeness (QED) is 0.348. The highest BCUT2D eigenvalue weighted by Gasteiger charge is 2.10. The number of rotatable bonds is 7. The Morgan fingerprint density at radius 2 is 2.07 bits per heavy atom. The van der Waals surface area contributed by atoms with E-state index in [9.17, 15) is 4.79 Å². The summed E-state index contributed by atoms with van der Waals surface area (Å²) >= 11 is 1.52. The van der Waals surface area contributed by atoms with Crippen molar-refractivity contribution in [2.45, 2.75) is 16.8 Å². The molecule has 148 valence electrons. The van der Waals surface area contributed by atoms with Crippen molar-refractivity contribution in [1.82, 2.24) is 29.9 Å². The Morgan fingerprint density at radius 3 is 2.79 bits per heavy atom. The first-order valence-electron chi connectivity index (χ1n) is 8.96. The normalized spacial score (nSPS) is 11.0. The van der Waals surface area contributed by atoms with Crippen molar-refractivity contribution in [3.05, 3.63) is 54.5 Å². The topological polar surface area (TPSA) is 112 Å². The Morgan fingerprint density at radius 1 is 1.24 bits per heavy atom. The fourth-order valence-electron chi connectivity index (χ4n) is 2.73. The van der Waals surface area contributed by atoms with E-state index in [2.05, 4.69) is 31.1 Å². The number of H-pyrrole nitrogens is 1. The standard InChI is InChI=1S/C19H20N8OS/c1-12-9-15(26-25-12)23-19-24-18(10-16-21-7-8-27(16)19)29-14-5-3-13(4-6-14)22-17(28)11-20-2/h3-10,20H,11H2,1-2H3,(H,22,28)(H2,23,24,25,26). The zero-order valence-electron chi connectivity index (χ0n) is 15.9. The highest BCUT2D eigenvalue weighted by molar-refractivity contribution is 7.99. The third-order valence-corrected chi connectivity index (χ3v) is 4.94. The maximum absolute atomic E-state index is 11.7. The number of aromatic nitrogens is 5. The number of nitrogens with one attached hydrogen (secondary N) is 4. The maximum Gasteiger partial charge on any atom is 0.238 e. The number of anilines is 3. The van der Waals surface area contributed by atoms with Crippen molar-refractivity contribution in [2.24, 2.45) is 0 Å². The summed E-state index contributed by atoms with van der Waals surface area (Å²) in [5.74, 6) is 1.24. The molecule has 0 saturated heterocycles. The summed E-state index contributed by atoms with van der Waals surface area (Å²) in [6, 6.07) is 11.5. The highest BCUT2D eigenvalue weighted by Crippen LogP contribution is 2.29. The van der Waals surface area contributed by atoms with Gasteiger partial charge in [-0.15, -0.1) is 0 Å². The second kappa shape index (κ2) is 8.33. The number of aryl methyl sites for hydroxylation is 1. The van der Waals surface area contributed by atoms with Crippen LogP contribution in [0.5, 0.6) is 0 Å². The van der Waals surface area contributed by atoms with Crippen molar-refractivity contribution in [1.29, 1.82) is 0 Å². The molecule has 0 aliphatic heterocycles. The molecule has 0 aliphatic rings. The van der Waals surface area contributed by atoms with Crippen LogP contribution in [-0.2, 0) is 4.79 Å². The van der Waals surface area contributed by atoms with Gasteiger partial charge in [-0.25, -0.2) is 9.97 Å². The largest absolute Gasteiger partial charge is 0.325 e. The zero-order valence-corrected chi connectivity index (χ0v) is 16.7. The summed E-state index contributed by atoms with van der Waals surface area (Å²) in [7, 11) is 1.74. The van der Waals surface area contributed by atoms with Crippen LogP contribution in [0.15, 0.2) is 58.7 Å². The van der Waals surface area contributed by atoms with Crippen molar-refractivity contribution in [3.8, 4) is 0 Å². The van der Waals surface area contributed by atoms with Gasteiger partial charge in [-0.1, -0.05) is 11.8 Å². The Labute approximate surface area is 171 Å². The summed E-state index contributed by atoms with van der Waals surface area (Å²) in [5, 5.41) is 16.8. The lowest BCUT2D eigenvalue weighted by Gasteiger charge is -2.09. The number of carbonyl (C=O) groups excluding carboxylic acids is 1. The number of hydrogen-bond acceptors (Lipinski definition) is 7. The fourth-order valence-corrected chi connectivity index (χ4v) is 3.54. The molecular formula is C19H20N8OS. The first-order valence-corrected chi connectivity index (χ1v) is 9.78. The number of carbonyl (C=O) groups is 1. The van der Waals surface area contributed by atoms with Gasteiger partial charge in [0.25, 0.3) is 0 Å². The molecular weight excluding hydrogens is 388 g/mol. The lowest BCUT2D eigenvalue weighted by Crippen LogP contribution is -2.24. The van der Waals surface area contributed by atoms with E-state index in [0.29, 0.717) is 11.8 Å². The van der Waals surface area contributed by atoms with Gasteiger partial charge in [0.1, 0.15) is 10.7 Å². The maximum atomic E-state index is 11.7. The van der Waals surface area contributed by atoms with Crippen LogP contribution in [-0.4, -0.2) is 44.1 Å². The Kier molecular flexibility index (Phi) is 5.45. The first kappa shape index (κ1) is 19.0. The Bertz CT molecular complexity index is 1130. The second-order valence-corrected chi connectivity index (χ2v) is 7.43. The third-order valence-electron chi connectivity index (χ3n) is 4.01. The molecule has 0 spiro atoms. The first-order chi connectivity index (χ1) is 14.1. The minimum Gasteiger partial charge on any atom is -0.325 e. The van der Waals surface area contributed by atoms with Gasteiger partial charge in [-0.3, -0.25) is 14.3 Å². The van der Waals surface area contributed by atoms with Crippen molar-refractivity contribution >= 4 is 40.8 Å². The fraction of sp³-hybridized carbons (Fsp3) is 0.158. The number of benzene rings is 1. The van der Waals surface area contributed by atoms with Crippen LogP contribution in [0.4, 0.5) is 17.5 Å². The summed E-state index contributed by atoms with van der Waals surface area (Å²) < 4.78 is 1.87. The molecule has 4 rings (SSSR count). The number of hydrogen-bond donors (Lipinski definition) is 4. The molecule has 4 aromatic rings. The molecule has 0 atom stereocenters. The van der Waals surface area contributed by atoms with Gasteiger partial charge in [0.05, 0.1) is 6.54 Å². The van der Waals surface area contributed by atoms with E-state index in [0.717, 1.165) is 26.9 Å². The van der Waals surface area contributed by atoms with E-state index in [4.69, 9.17) is 4.98 Å². The third kappa shape index (κ3) is 4.55. The molecule has 3 aromatic heterocycles. The average Bonchev–Trinajstić information content (AvgIpc) is 3.32. The van der Waals surface area contributed by atoms with Crippen molar-refractivity contribution in [2.75, 3.05) is 24.2 Å². The Hall–Kier alpha value is -3.37. The number of likely N-dealkylation sites (N-methyl/N-ethyl adjacent to an activating group) is 1. The van der Waals surface area contributed by atoms with Crippen molar-refractivity contribution < 1.29 is 4.79 Å². The van der Waals surface area contributed by atoms with E-state index in [1.54, 1.807) is 13.2 Å². The number of imidazole rings is 1. The van der Waals surface area contributed by atoms with E-state index >= 15 is 0 Å². The Balaban J connectivity index is 1.54. The zero-order chi connectivity index (χ0) is 20.2. The summed E-state index contributed by atoms with van der Waals surface area (Å²) in [6.45, 7) is 2.21. The molecule has 0 fully saturated rings. The van der Waals surface area contributed by atoms with Gasteiger partial charge in [0.2, 0.25) is 11.9 Å². The molecule has 10 heteroatoms. The van der Waals surface area contributed by atoms with Crippen LogP contribution in [0.1, 0.15) is 5.69 Å². The van der Waals surface area contributed by atoms with Crippen LogP contribution in [0.3, 0.4) is 0 Å². The lowest BCUT2D eigenvalue weighted by atomic mass is 10.3. The molecule has 0 radical (unpaired) electrons. The van der Waals surface area contributed by atoms with E-state index in [-0.39, 0.29) is 12.5 Å². The van der Waals surface area contributed by atoms with Gasteiger partial charge in [0, 0.05) is 40.8 Å². The van der Waals surface area contributed by atoms with Gasteiger partial charge in [0.15, 0.2) is 5.82 Å². The van der Waals surface area contributed by atoms with Crippen LogP contribution < -0.4 is 16.0 Å². The average molecular weight is 408 g/mol. The molecule has 0 unspecified atom stereocenters. The highest BCUT2D eigenvalue weighted by atomic mass is 32.2. The molecule has 0 bridgehead atoms. The van der Waals surface area contributed by atoms with Crippen molar-refractivity contribution in [3.63, 3.8) is 0 Å². The lowest BCUT2D eigenvalue weighted by molar-refractivity contribution is -0.115. The minimum absolute atomic E-state index is 0.0800. The monoisotopic (exact) mass is 408 g/mol. The summed E-state index contributed by atoms with van der Waals surface area (Å²) in [6.07, 6.45) is 3.58. The minimum atomic E-state index is -0.0800. The van der Waals surface area contributed by atoms with Crippen LogP contribution >= 0.6 is 11.8 Å². The molecule has 9 nitrogen and oxygen atoms in total. The van der Waals surface area contributed by atoms with E-state index in [1.807, 2.05) is 53.9 Å². The predicted molar refractivity (Wildman–Crippen MR) is 113 cm³/mol. The molecule has 4 N–H and O–H groups in total. The SMILES string of the molecule is CNCC(=O)Nc1ccc(Sc2cc3nccn3c(Nc3cc(C)[nH]n3)n2)cc1. The number of amides is 1. The number of fused-ring (bicyclic) bond motifs is 1. The molecule has 29 heavy (non-hydrogen) atoms. The van der Waals surface area contributed by atoms with Crippen LogP contribution in [0.25, 0.3) is 5.65 Å². The molecule has 1 amide bonds. The van der Waals surface area contributed by atoms with Crippen LogP contribution in [0, 0.1) is 6.92 Å². The smallest absolute Gasteiger partial charge is 0.238 e. The molecule has 0 saturated carbocycles. The van der Waals surface area contributed by atoms with E-state index in [1.165, 1.54) is 11.8 Å². The van der Waals surface area contributed by atoms with Crippen LogP contribution in [0.2, 0.25) is 0 Å². The molecule has 0 aliphatic carbocycles. The van der Waals surface area contributed by atoms with E-state index < -0.39 is 0 Å². The van der Waals surface area contributed by atoms with Gasteiger partial charge in [-0.2, -0.15) is 5.10 Å². The number of nitrogens with zero attached hydrogens (tertiary/aromatic N) is 4. The van der Waals surface area contributed by atoms with Gasteiger partial charge < -0.3 is 16.0 Å². The molecule has 1 aromatic carbocycles. The molecule has 3 heterocycles. The second-order valence-electron chi connectivity index (χ2n) is 6.34. The summed E-state index contributed by atoms with van der Waals surface area (Å²) in [5.41, 5.74) is 2.50. The summed E-state index contributed by atoms with van der Waals surface area (Å²) in [4.78, 5) is 21.8. The predicted octanol–water partition coefficient (Wildman–Crippen LogP) is 2.81. The van der Waals surface area contributed by atoms with Gasteiger partial charge >= 0.3 is 0 Å².